The number of hydrogen-bond donors (Lipinski definition) is 2. The summed E-state index contributed by atoms with van der Waals surface area (Å²) in [6, 6.07) is 11.4. The molecule has 11 heteroatoms. The minimum atomic E-state index is -4.40. The van der Waals surface area contributed by atoms with Gasteiger partial charge in [-0.2, -0.15) is 13.2 Å². The molecule has 2 N–H and O–H groups in total. The number of hydrogen-bond acceptors (Lipinski definition) is 5. The van der Waals surface area contributed by atoms with Crippen LogP contribution in [-0.4, -0.2) is 25.6 Å². The van der Waals surface area contributed by atoms with Gasteiger partial charge < -0.3 is 5.32 Å². The van der Waals surface area contributed by atoms with E-state index in [2.05, 4.69) is 15.0 Å². The molecule has 0 bridgehead atoms. The van der Waals surface area contributed by atoms with Gasteiger partial charge in [0.2, 0.25) is 15.9 Å². The molecule has 0 fully saturated rings. The van der Waals surface area contributed by atoms with Gasteiger partial charge in [0, 0.05) is 23.1 Å². The zero-order chi connectivity index (χ0) is 23.5. The summed E-state index contributed by atoms with van der Waals surface area (Å²) in [5, 5.41) is 4.86. The first-order valence-corrected chi connectivity index (χ1v) is 12.2. The molecule has 170 valence electrons. The Hall–Kier alpha value is -2.92. The van der Waals surface area contributed by atoms with E-state index in [0.29, 0.717) is 22.1 Å². The van der Waals surface area contributed by atoms with Crippen LogP contribution in [0.25, 0.3) is 11.3 Å². The molecule has 0 saturated carbocycles. The fraction of sp³-hybridized carbons (Fsp3) is 0.238. The van der Waals surface area contributed by atoms with Gasteiger partial charge in [0.1, 0.15) is 0 Å². The molecule has 0 aliphatic carbocycles. The van der Waals surface area contributed by atoms with Crippen molar-refractivity contribution in [2.75, 3.05) is 16.3 Å². The molecule has 0 radical (unpaired) electrons. The second-order valence-electron chi connectivity index (χ2n) is 7.26. The summed E-state index contributed by atoms with van der Waals surface area (Å²) < 4.78 is 63.0. The normalized spacial score (nSPS) is 12.9. The number of sulfonamides is 1. The van der Waals surface area contributed by atoms with E-state index < -0.39 is 21.8 Å². The Kier molecular flexibility index (Phi) is 6.89. The number of benzene rings is 2. The third kappa shape index (κ3) is 6.54. The van der Waals surface area contributed by atoms with Gasteiger partial charge in [-0.1, -0.05) is 31.2 Å². The molecule has 3 aromatic rings. The number of amides is 1. The van der Waals surface area contributed by atoms with Crippen molar-refractivity contribution in [2.24, 2.45) is 0 Å². The van der Waals surface area contributed by atoms with Gasteiger partial charge in [-0.25, -0.2) is 13.4 Å². The fourth-order valence-corrected chi connectivity index (χ4v) is 4.25. The highest BCUT2D eigenvalue weighted by molar-refractivity contribution is 7.92. The van der Waals surface area contributed by atoms with Gasteiger partial charge in [0.05, 0.1) is 17.5 Å². The number of anilines is 2. The maximum atomic E-state index is 12.7. The number of alkyl halides is 3. The van der Waals surface area contributed by atoms with Gasteiger partial charge in [0.15, 0.2) is 5.13 Å². The Morgan fingerprint density at radius 1 is 1.09 bits per heavy atom. The molecule has 0 spiro atoms. The number of aromatic nitrogens is 1. The highest BCUT2D eigenvalue weighted by atomic mass is 32.2. The molecular formula is C21H20F3N3O3S2. The summed E-state index contributed by atoms with van der Waals surface area (Å²) in [7, 11) is -3.36. The SMILES string of the molecule is CC(CC(=O)Nc1nc(-c2ccc(NS(C)(=O)=O)cc2)cs1)c1ccc(C(F)(F)F)cc1. The molecular weight excluding hydrogens is 463 g/mol. The number of thiazole rings is 1. The van der Waals surface area contributed by atoms with Crippen molar-refractivity contribution in [1.82, 2.24) is 4.98 Å². The maximum absolute atomic E-state index is 12.7. The molecule has 1 heterocycles. The van der Waals surface area contributed by atoms with E-state index in [4.69, 9.17) is 0 Å². The lowest BCUT2D eigenvalue weighted by Gasteiger charge is -2.13. The first-order chi connectivity index (χ1) is 14.9. The summed E-state index contributed by atoms with van der Waals surface area (Å²) in [5.41, 5.74) is 1.70. The smallest absolute Gasteiger partial charge is 0.302 e. The van der Waals surface area contributed by atoms with Crippen LogP contribution in [0.15, 0.2) is 53.9 Å². The predicted octanol–water partition coefficient (Wildman–Crippen LogP) is 5.33. The van der Waals surface area contributed by atoms with Crippen molar-refractivity contribution in [1.29, 1.82) is 0 Å². The Bertz CT molecular complexity index is 1190. The minimum absolute atomic E-state index is 0.0894. The fourth-order valence-electron chi connectivity index (χ4n) is 2.95. The Morgan fingerprint density at radius 3 is 2.28 bits per heavy atom. The maximum Gasteiger partial charge on any atom is 0.416 e. The van der Waals surface area contributed by atoms with E-state index in [0.717, 1.165) is 24.0 Å². The molecule has 6 nitrogen and oxygen atoms in total. The first kappa shape index (κ1) is 23.7. The van der Waals surface area contributed by atoms with Crippen LogP contribution in [0.5, 0.6) is 0 Å². The largest absolute Gasteiger partial charge is 0.416 e. The van der Waals surface area contributed by atoms with Crippen LogP contribution < -0.4 is 10.0 Å². The lowest BCUT2D eigenvalue weighted by molar-refractivity contribution is -0.137. The second kappa shape index (κ2) is 9.29. The molecule has 0 aliphatic rings. The third-order valence-electron chi connectivity index (χ3n) is 4.53. The molecule has 1 unspecified atom stereocenters. The molecule has 1 aromatic heterocycles. The van der Waals surface area contributed by atoms with Gasteiger partial charge in [-0.3, -0.25) is 9.52 Å². The van der Waals surface area contributed by atoms with Crippen LogP contribution in [0.3, 0.4) is 0 Å². The van der Waals surface area contributed by atoms with Crippen LogP contribution in [-0.2, 0) is 21.0 Å². The number of nitrogens with one attached hydrogen (secondary N) is 2. The standard InChI is InChI=1S/C21H20F3N3O3S2/c1-13(14-3-7-16(8-4-14)21(22,23)24)11-19(28)26-20-25-18(12-31-20)15-5-9-17(10-6-15)27-32(2,29)30/h3-10,12-13,27H,11H2,1-2H3,(H,25,26,28). The van der Waals surface area contributed by atoms with Crippen molar-refractivity contribution in [3.63, 3.8) is 0 Å². The van der Waals surface area contributed by atoms with E-state index >= 15 is 0 Å². The van der Waals surface area contributed by atoms with Crippen LogP contribution in [0.4, 0.5) is 24.0 Å². The average molecular weight is 484 g/mol. The number of nitrogens with zero attached hydrogens (tertiary/aromatic N) is 1. The molecule has 1 amide bonds. The van der Waals surface area contributed by atoms with Crippen LogP contribution in [0, 0.1) is 0 Å². The Labute approximate surface area is 187 Å². The average Bonchev–Trinajstić information content (AvgIpc) is 3.15. The van der Waals surface area contributed by atoms with Crippen molar-refractivity contribution in [3.05, 3.63) is 65.0 Å². The summed E-state index contributed by atoms with van der Waals surface area (Å²) in [4.78, 5) is 16.7. The number of carbonyl (C=O) groups is 1. The topological polar surface area (TPSA) is 88.2 Å². The highest BCUT2D eigenvalue weighted by Crippen LogP contribution is 2.31. The monoisotopic (exact) mass is 483 g/mol. The van der Waals surface area contributed by atoms with Crippen molar-refractivity contribution in [2.45, 2.75) is 25.4 Å². The van der Waals surface area contributed by atoms with Crippen molar-refractivity contribution in [3.8, 4) is 11.3 Å². The molecule has 0 aliphatic heterocycles. The Balaban J connectivity index is 1.59. The third-order valence-corrected chi connectivity index (χ3v) is 5.90. The highest BCUT2D eigenvalue weighted by Gasteiger charge is 2.30. The van der Waals surface area contributed by atoms with Crippen LogP contribution in [0.1, 0.15) is 30.4 Å². The molecule has 1 atom stereocenters. The summed E-state index contributed by atoms with van der Waals surface area (Å²) in [6.45, 7) is 1.77. The lowest BCUT2D eigenvalue weighted by Crippen LogP contribution is -2.14. The van der Waals surface area contributed by atoms with Crippen molar-refractivity contribution < 1.29 is 26.4 Å². The van der Waals surface area contributed by atoms with E-state index in [1.807, 2.05) is 0 Å². The van der Waals surface area contributed by atoms with Gasteiger partial charge in [-0.05, 0) is 35.7 Å². The van der Waals surface area contributed by atoms with E-state index in [-0.39, 0.29) is 18.2 Å². The van der Waals surface area contributed by atoms with Gasteiger partial charge in [0.25, 0.3) is 0 Å². The lowest BCUT2D eigenvalue weighted by atomic mass is 9.96. The summed E-state index contributed by atoms with van der Waals surface area (Å²) >= 11 is 1.23. The molecule has 3 rings (SSSR count). The number of carbonyl (C=O) groups excluding carboxylic acids is 1. The molecule has 32 heavy (non-hydrogen) atoms. The van der Waals surface area contributed by atoms with E-state index in [1.165, 1.54) is 23.5 Å². The second-order valence-corrected chi connectivity index (χ2v) is 9.87. The number of rotatable bonds is 7. The summed E-state index contributed by atoms with van der Waals surface area (Å²) in [5.74, 6) is -0.572. The minimum Gasteiger partial charge on any atom is -0.302 e. The Morgan fingerprint density at radius 2 is 1.72 bits per heavy atom. The molecule has 2 aromatic carbocycles. The van der Waals surface area contributed by atoms with E-state index in [1.54, 1.807) is 36.6 Å². The van der Waals surface area contributed by atoms with Gasteiger partial charge >= 0.3 is 6.18 Å². The zero-order valence-electron chi connectivity index (χ0n) is 17.1. The quantitative estimate of drug-likeness (QED) is 0.475. The van der Waals surface area contributed by atoms with Crippen molar-refractivity contribution >= 4 is 38.1 Å². The van der Waals surface area contributed by atoms with Crippen LogP contribution >= 0.6 is 11.3 Å². The van der Waals surface area contributed by atoms with E-state index in [9.17, 15) is 26.4 Å². The van der Waals surface area contributed by atoms with Gasteiger partial charge in [-0.15, -0.1) is 11.3 Å². The first-order valence-electron chi connectivity index (χ1n) is 9.41. The van der Waals surface area contributed by atoms with Crippen LogP contribution in [0.2, 0.25) is 0 Å². The molecule has 0 saturated heterocycles. The zero-order valence-corrected chi connectivity index (χ0v) is 18.7. The number of halogens is 3. The summed E-state index contributed by atoms with van der Waals surface area (Å²) in [6.07, 6.45) is -3.24. The predicted molar refractivity (Wildman–Crippen MR) is 119 cm³/mol.